The second-order valence-corrected chi connectivity index (χ2v) is 11.4. The second-order valence-electron chi connectivity index (χ2n) is 10.3. The molecule has 1 atom stereocenters. The van der Waals surface area contributed by atoms with Crippen molar-refractivity contribution in [1.82, 2.24) is 4.57 Å². The summed E-state index contributed by atoms with van der Waals surface area (Å²) in [7, 11) is 2.05. The van der Waals surface area contributed by atoms with Gasteiger partial charge in [-0.05, 0) is 54.4 Å². The molecule has 0 unspecified atom stereocenters. The Kier molecular flexibility index (Phi) is 5.90. The van der Waals surface area contributed by atoms with Crippen molar-refractivity contribution in [3.8, 4) is 0 Å². The first-order chi connectivity index (χ1) is 16.3. The first-order valence-corrected chi connectivity index (χ1v) is 12.7. The third-order valence-electron chi connectivity index (χ3n) is 6.98. The second kappa shape index (κ2) is 8.88. The van der Waals surface area contributed by atoms with E-state index in [-0.39, 0.29) is 11.3 Å². The number of para-hydroxylation sites is 2. The van der Waals surface area contributed by atoms with Crippen LogP contribution in [0.25, 0.3) is 10.9 Å². The minimum atomic E-state index is -0.0667. The van der Waals surface area contributed by atoms with Crippen LogP contribution in [0.5, 0.6) is 0 Å². The number of nitrogens with zero attached hydrogens (tertiary/aromatic N) is 2. The third kappa shape index (κ3) is 4.32. The average Bonchev–Trinajstić information content (AvgIpc) is 3.34. The van der Waals surface area contributed by atoms with E-state index in [9.17, 15) is 4.79 Å². The quantitative estimate of drug-likeness (QED) is 0.311. The number of aliphatic imine (C=N–C) groups is 1. The topological polar surface area (TPSA) is 46.4 Å². The SMILES string of the molecule is Cn1cc(C=Nc2sc3c(c2C(=O)Nc2ccccc2)CC[C@H](C(C)(C)C)C3)c2ccccc21. The van der Waals surface area contributed by atoms with E-state index in [2.05, 4.69) is 62.1 Å². The minimum absolute atomic E-state index is 0.0667. The summed E-state index contributed by atoms with van der Waals surface area (Å²) in [6.07, 6.45) is 7.06. The summed E-state index contributed by atoms with van der Waals surface area (Å²) in [6, 6.07) is 18.0. The van der Waals surface area contributed by atoms with Crippen LogP contribution in [0.4, 0.5) is 10.7 Å². The Morgan fingerprint density at radius 3 is 2.62 bits per heavy atom. The largest absolute Gasteiger partial charge is 0.350 e. The summed E-state index contributed by atoms with van der Waals surface area (Å²) >= 11 is 1.69. The molecule has 1 aliphatic rings. The van der Waals surface area contributed by atoms with Crippen molar-refractivity contribution in [2.75, 3.05) is 5.32 Å². The van der Waals surface area contributed by atoms with Gasteiger partial charge in [0.1, 0.15) is 5.00 Å². The molecule has 4 aromatic rings. The number of fused-ring (bicyclic) bond motifs is 2. The van der Waals surface area contributed by atoms with Crippen molar-refractivity contribution in [1.29, 1.82) is 0 Å². The van der Waals surface area contributed by atoms with Gasteiger partial charge < -0.3 is 9.88 Å². The van der Waals surface area contributed by atoms with Crippen LogP contribution in [0.3, 0.4) is 0 Å². The van der Waals surface area contributed by atoms with Gasteiger partial charge in [-0.3, -0.25) is 4.79 Å². The van der Waals surface area contributed by atoms with Crippen molar-refractivity contribution >= 4 is 45.0 Å². The Labute approximate surface area is 205 Å². The Bertz CT molecular complexity index is 1370. The molecular weight excluding hydrogens is 438 g/mol. The van der Waals surface area contributed by atoms with Gasteiger partial charge in [0.2, 0.25) is 0 Å². The molecule has 5 heteroatoms. The Morgan fingerprint density at radius 2 is 1.85 bits per heavy atom. The number of aromatic nitrogens is 1. The van der Waals surface area contributed by atoms with Gasteiger partial charge in [-0.15, -0.1) is 11.3 Å². The molecule has 1 N–H and O–H groups in total. The van der Waals surface area contributed by atoms with Crippen molar-refractivity contribution in [3.05, 3.63) is 82.4 Å². The van der Waals surface area contributed by atoms with Gasteiger partial charge in [0.25, 0.3) is 5.91 Å². The van der Waals surface area contributed by atoms with Crippen molar-refractivity contribution in [2.24, 2.45) is 23.4 Å². The Hall–Kier alpha value is -3.18. The van der Waals surface area contributed by atoms with Crippen molar-refractivity contribution in [3.63, 3.8) is 0 Å². The zero-order chi connectivity index (χ0) is 23.9. The van der Waals surface area contributed by atoms with Crippen LogP contribution in [0.15, 0.2) is 65.8 Å². The fourth-order valence-corrected chi connectivity index (χ4v) is 6.22. The first-order valence-electron chi connectivity index (χ1n) is 11.9. The van der Waals surface area contributed by atoms with Crippen LogP contribution in [0.1, 0.15) is 53.6 Å². The molecule has 2 aromatic carbocycles. The number of hydrogen-bond acceptors (Lipinski definition) is 3. The number of anilines is 1. The molecule has 0 saturated heterocycles. The monoisotopic (exact) mass is 469 g/mol. The molecule has 1 amide bonds. The maximum atomic E-state index is 13.5. The summed E-state index contributed by atoms with van der Waals surface area (Å²) in [6.45, 7) is 6.95. The van der Waals surface area contributed by atoms with Gasteiger partial charge in [-0.1, -0.05) is 57.2 Å². The van der Waals surface area contributed by atoms with Gasteiger partial charge in [-0.25, -0.2) is 4.99 Å². The molecule has 0 saturated carbocycles. The number of thiophene rings is 1. The predicted molar refractivity (Wildman–Crippen MR) is 144 cm³/mol. The van der Waals surface area contributed by atoms with Crippen molar-refractivity contribution in [2.45, 2.75) is 40.0 Å². The Balaban J connectivity index is 1.54. The molecule has 174 valence electrons. The molecule has 34 heavy (non-hydrogen) atoms. The molecule has 2 aromatic heterocycles. The maximum Gasteiger partial charge on any atom is 0.259 e. The van der Waals surface area contributed by atoms with E-state index < -0.39 is 0 Å². The summed E-state index contributed by atoms with van der Waals surface area (Å²) in [4.78, 5) is 19.7. The van der Waals surface area contributed by atoms with E-state index in [4.69, 9.17) is 4.99 Å². The Morgan fingerprint density at radius 1 is 1.12 bits per heavy atom. The summed E-state index contributed by atoms with van der Waals surface area (Å²) in [5, 5.41) is 5.07. The number of amides is 1. The third-order valence-corrected chi connectivity index (χ3v) is 8.14. The van der Waals surface area contributed by atoms with Crippen LogP contribution < -0.4 is 5.32 Å². The highest BCUT2D eigenvalue weighted by atomic mass is 32.1. The van der Waals surface area contributed by atoms with E-state index in [1.807, 2.05) is 42.6 Å². The summed E-state index contributed by atoms with van der Waals surface area (Å²) in [5.74, 6) is 0.543. The first kappa shape index (κ1) is 22.6. The molecule has 0 bridgehead atoms. The fourth-order valence-electron chi connectivity index (χ4n) is 4.95. The lowest BCUT2D eigenvalue weighted by molar-refractivity contribution is 0.102. The van der Waals surface area contributed by atoms with Gasteiger partial charge in [0, 0.05) is 46.5 Å². The lowest BCUT2D eigenvalue weighted by Gasteiger charge is -2.33. The van der Waals surface area contributed by atoms with E-state index in [1.165, 1.54) is 16.0 Å². The highest BCUT2D eigenvalue weighted by Gasteiger charge is 2.33. The minimum Gasteiger partial charge on any atom is -0.350 e. The van der Waals surface area contributed by atoms with Crippen LogP contribution in [-0.4, -0.2) is 16.7 Å². The van der Waals surface area contributed by atoms with Crippen molar-refractivity contribution < 1.29 is 4.79 Å². The fraction of sp³-hybridized carbons (Fsp3) is 0.310. The number of carbonyl (C=O) groups is 1. The number of rotatable bonds is 4. The van der Waals surface area contributed by atoms with E-state index in [0.717, 1.165) is 46.5 Å². The molecule has 0 radical (unpaired) electrons. The maximum absolute atomic E-state index is 13.5. The summed E-state index contributed by atoms with van der Waals surface area (Å²) in [5.41, 5.74) is 5.22. The zero-order valence-electron chi connectivity index (χ0n) is 20.3. The smallest absolute Gasteiger partial charge is 0.259 e. The number of nitrogens with one attached hydrogen (secondary N) is 1. The predicted octanol–water partition coefficient (Wildman–Crippen LogP) is 7.39. The number of carbonyl (C=O) groups excluding carboxylic acids is 1. The van der Waals surface area contributed by atoms with Gasteiger partial charge in [0.05, 0.1) is 5.56 Å². The average molecular weight is 470 g/mol. The molecule has 0 spiro atoms. The van der Waals surface area contributed by atoms with Gasteiger partial charge in [-0.2, -0.15) is 0 Å². The van der Waals surface area contributed by atoms with Gasteiger partial charge in [0.15, 0.2) is 0 Å². The van der Waals surface area contributed by atoms with E-state index >= 15 is 0 Å². The van der Waals surface area contributed by atoms with Crippen LogP contribution in [-0.2, 0) is 19.9 Å². The zero-order valence-corrected chi connectivity index (χ0v) is 21.1. The van der Waals surface area contributed by atoms with Crippen LogP contribution in [0, 0.1) is 11.3 Å². The molecular formula is C29H31N3OS. The number of benzene rings is 2. The molecule has 2 heterocycles. The van der Waals surface area contributed by atoms with Gasteiger partial charge >= 0.3 is 0 Å². The highest BCUT2D eigenvalue weighted by molar-refractivity contribution is 7.16. The number of hydrogen-bond donors (Lipinski definition) is 1. The molecule has 5 rings (SSSR count). The van der Waals surface area contributed by atoms with E-state index in [0.29, 0.717) is 5.92 Å². The normalized spacial score (nSPS) is 16.2. The van der Waals surface area contributed by atoms with E-state index in [1.54, 1.807) is 11.3 Å². The molecule has 0 aliphatic heterocycles. The number of aryl methyl sites for hydroxylation is 1. The molecule has 1 aliphatic carbocycles. The lowest BCUT2D eigenvalue weighted by atomic mass is 9.72. The molecule has 4 nitrogen and oxygen atoms in total. The standard InChI is InChI=1S/C29H31N3OS/c1-29(2,3)20-14-15-23-25(16-20)34-28(26(23)27(33)31-21-10-6-5-7-11-21)30-17-19-18-32(4)24-13-9-8-12-22(19)24/h5-13,17-18,20H,14-16H2,1-4H3,(H,31,33)/t20-/m0/s1. The molecule has 0 fully saturated rings. The highest BCUT2D eigenvalue weighted by Crippen LogP contribution is 2.45. The summed E-state index contributed by atoms with van der Waals surface area (Å²) < 4.78 is 2.12. The lowest BCUT2D eigenvalue weighted by Crippen LogP contribution is -2.27. The van der Waals surface area contributed by atoms with Crippen LogP contribution >= 0.6 is 11.3 Å². The van der Waals surface area contributed by atoms with Crippen LogP contribution in [0.2, 0.25) is 0 Å².